The number of hydroxylamine groups is 2. The Bertz CT molecular complexity index is 824. The highest BCUT2D eigenvalue weighted by molar-refractivity contribution is 5.77. The van der Waals surface area contributed by atoms with Gasteiger partial charge in [0.1, 0.15) is 13.2 Å². The minimum absolute atomic E-state index is 0.0599. The molecule has 5 rings (SSSR count). The molecular formula is C25H32N2O4. The standard InChI is InChI=1S/C15H18N2O2.C8H8O2.C2H6/c18-14-16-9-8-15(6-7-15)13(10-16)17(14)19-11-12-4-2-1-3-5-12;9-7-10-6-8-4-2-1-3-5-8;1-2/h1-5,13H,6-11H2;1-5,7H,6H2;1-2H3/t13-;;/m0../s1. The minimum atomic E-state index is 0.0599. The number of nitrogens with zero attached hydrogens (tertiary/aromatic N) is 2. The van der Waals surface area contributed by atoms with Crippen molar-refractivity contribution in [2.75, 3.05) is 13.1 Å². The molecule has 2 aliphatic heterocycles. The molecule has 3 aliphatic rings. The molecule has 2 aromatic rings. The molecule has 2 saturated heterocycles. The van der Waals surface area contributed by atoms with Crippen LogP contribution in [0.4, 0.5) is 4.79 Å². The molecule has 1 saturated carbocycles. The predicted octanol–water partition coefficient (Wildman–Crippen LogP) is 4.79. The molecule has 6 heteroatoms. The van der Waals surface area contributed by atoms with Crippen molar-refractivity contribution in [1.82, 2.24) is 9.96 Å². The van der Waals surface area contributed by atoms with Gasteiger partial charge in [0.25, 0.3) is 6.47 Å². The van der Waals surface area contributed by atoms with Gasteiger partial charge in [-0.25, -0.2) is 4.79 Å². The van der Waals surface area contributed by atoms with Crippen LogP contribution < -0.4 is 0 Å². The summed E-state index contributed by atoms with van der Waals surface area (Å²) in [6.07, 6.45) is 3.66. The van der Waals surface area contributed by atoms with Crippen LogP contribution in [0.3, 0.4) is 0 Å². The van der Waals surface area contributed by atoms with Gasteiger partial charge in [-0.2, -0.15) is 5.06 Å². The Kier molecular flexibility index (Phi) is 8.06. The lowest BCUT2D eigenvalue weighted by molar-refractivity contribution is -0.152. The van der Waals surface area contributed by atoms with Gasteiger partial charge in [-0.15, -0.1) is 0 Å². The van der Waals surface area contributed by atoms with Gasteiger partial charge in [0.15, 0.2) is 0 Å². The van der Waals surface area contributed by atoms with E-state index in [9.17, 15) is 9.59 Å². The molecule has 0 aromatic heterocycles. The second kappa shape index (κ2) is 11.0. The normalized spacial score (nSPS) is 19.7. The quantitative estimate of drug-likeness (QED) is 0.626. The summed E-state index contributed by atoms with van der Waals surface area (Å²) in [7, 11) is 0. The smallest absolute Gasteiger partial charge is 0.344 e. The summed E-state index contributed by atoms with van der Waals surface area (Å²) in [4.78, 5) is 29.8. The van der Waals surface area contributed by atoms with Crippen LogP contribution in [-0.2, 0) is 27.6 Å². The van der Waals surface area contributed by atoms with Crippen LogP contribution in [0, 0.1) is 5.41 Å². The first-order valence-corrected chi connectivity index (χ1v) is 11.1. The number of amides is 2. The van der Waals surface area contributed by atoms with E-state index in [2.05, 4.69) is 4.74 Å². The van der Waals surface area contributed by atoms with Crippen molar-refractivity contribution in [2.45, 2.75) is 52.4 Å². The highest BCUT2D eigenvalue weighted by Crippen LogP contribution is 2.57. The maximum absolute atomic E-state index is 12.3. The maximum Gasteiger partial charge on any atom is 0.344 e. The van der Waals surface area contributed by atoms with Crippen LogP contribution in [0.25, 0.3) is 0 Å². The highest BCUT2D eigenvalue weighted by atomic mass is 16.7. The van der Waals surface area contributed by atoms with Gasteiger partial charge < -0.3 is 9.64 Å². The molecule has 1 spiro atoms. The van der Waals surface area contributed by atoms with Crippen LogP contribution in [0.1, 0.15) is 44.2 Å². The molecule has 6 nitrogen and oxygen atoms in total. The summed E-state index contributed by atoms with van der Waals surface area (Å²) in [6.45, 7) is 7.05. The Labute approximate surface area is 184 Å². The van der Waals surface area contributed by atoms with Gasteiger partial charge in [0.2, 0.25) is 0 Å². The zero-order valence-electron chi connectivity index (χ0n) is 18.4. The second-order valence-electron chi connectivity index (χ2n) is 7.83. The first kappa shape index (κ1) is 22.8. The van der Waals surface area contributed by atoms with Crippen LogP contribution >= 0.6 is 0 Å². The second-order valence-corrected chi connectivity index (χ2v) is 7.83. The molecule has 31 heavy (non-hydrogen) atoms. The molecule has 3 fully saturated rings. The van der Waals surface area contributed by atoms with Gasteiger partial charge in [0, 0.05) is 13.1 Å². The molecular weight excluding hydrogens is 392 g/mol. The number of ether oxygens (including phenoxy) is 1. The largest absolute Gasteiger partial charge is 0.463 e. The van der Waals surface area contributed by atoms with E-state index in [1.165, 1.54) is 12.8 Å². The molecule has 1 aliphatic carbocycles. The number of carbonyl (C=O) groups excluding carboxylic acids is 2. The zero-order chi connectivity index (χ0) is 22.1. The van der Waals surface area contributed by atoms with Gasteiger partial charge in [-0.3, -0.25) is 9.63 Å². The SMILES string of the molecule is CC.O=C1N2CCC3(CC3)[C@H](C2)N1OCc1ccccc1.O=COCc1ccccc1. The van der Waals surface area contributed by atoms with Crippen molar-refractivity contribution in [3.8, 4) is 0 Å². The van der Waals surface area contributed by atoms with Crippen molar-refractivity contribution in [2.24, 2.45) is 5.41 Å². The van der Waals surface area contributed by atoms with E-state index in [-0.39, 0.29) is 12.1 Å². The Morgan fingerprint density at radius 1 is 0.935 bits per heavy atom. The summed E-state index contributed by atoms with van der Waals surface area (Å²) in [6, 6.07) is 19.9. The van der Waals surface area contributed by atoms with E-state index < -0.39 is 0 Å². The van der Waals surface area contributed by atoms with Crippen LogP contribution in [-0.4, -0.2) is 41.6 Å². The number of fused-ring (bicyclic) bond motifs is 3. The number of benzene rings is 2. The molecule has 2 amide bonds. The van der Waals surface area contributed by atoms with E-state index >= 15 is 0 Å². The van der Waals surface area contributed by atoms with E-state index in [1.807, 2.05) is 79.4 Å². The third-order valence-corrected chi connectivity index (χ3v) is 5.99. The fourth-order valence-corrected chi connectivity index (χ4v) is 4.10. The Morgan fingerprint density at radius 2 is 1.52 bits per heavy atom. The van der Waals surface area contributed by atoms with E-state index in [0.29, 0.717) is 25.1 Å². The molecule has 166 valence electrons. The first-order chi connectivity index (χ1) is 15.2. The predicted molar refractivity (Wildman–Crippen MR) is 119 cm³/mol. The number of carbonyl (C=O) groups is 2. The third kappa shape index (κ3) is 5.64. The Balaban J connectivity index is 0.000000193. The fourth-order valence-electron chi connectivity index (χ4n) is 4.10. The van der Waals surface area contributed by atoms with Crippen LogP contribution in [0.2, 0.25) is 0 Å². The summed E-state index contributed by atoms with van der Waals surface area (Å²) < 4.78 is 4.54. The fraction of sp³-hybridized carbons (Fsp3) is 0.440. The van der Waals surface area contributed by atoms with Gasteiger partial charge in [-0.1, -0.05) is 74.5 Å². The van der Waals surface area contributed by atoms with E-state index in [4.69, 9.17) is 4.84 Å². The van der Waals surface area contributed by atoms with Crippen LogP contribution in [0.15, 0.2) is 60.7 Å². The lowest BCUT2D eigenvalue weighted by atomic mass is 9.90. The molecule has 0 unspecified atom stereocenters. The van der Waals surface area contributed by atoms with Crippen LogP contribution in [0.5, 0.6) is 0 Å². The maximum atomic E-state index is 12.3. The number of rotatable bonds is 6. The van der Waals surface area contributed by atoms with E-state index in [0.717, 1.165) is 30.6 Å². The summed E-state index contributed by atoms with van der Waals surface area (Å²) in [5.74, 6) is 0. The van der Waals surface area contributed by atoms with Crippen molar-refractivity contribution >= 4 is 12.5 Å². The van der Waals surface area contributed by atoms with Gasteiger partial charge >= 0.3 is 6.03 Å². The number of piperidine rings is 1. The van der Waals surface area contributed by atoms with Crippen molar-refractivity contribution < 1.29 is 19.2 Å². The topological polar surface area (TPSA) is 59.1 Å². The number of hydrogen-bond donors (Lipinski definition) is 0. The summed E-state index contributed by atoms with van der Waals surface area (Å²) in [5, 5.41) is 1.66. The summed E-state index contributed by atoms with van der Waals surface area (Å²) >= 11 is 0. The first-order valence-electron chi connectivity index (χ1n) is 11.1. The lowest BCUT2D eigenvalue weighted by Gasteiger charge is -2.31. The molecule has 0 N–H and O–H groups in total. The lowest BCUT2D eigenvalue weighted by Crippen LogP contribution is -2.41. The monoisotopic (exact) mass is 424 g/mol. The molecule has 1 atom stereocenters. The minimum Gasteiger partial charge on any atom is -0.463 e. The van der Waals surface area contributed by atoms with Gasteiger partial charge in [-0.05, 0) is 35.8 Å². The van der Waals surface area contributed by atoms with Crippen molar-refractivity contribution in [3.63, 3.8) is 0 Å². The number of urea groups is 1. The van der Waals surface area contributed by atoms with E-state index in [1.54, 1.807) is 5.06 Å². The zero-order valence-corrected chi connectivity index (χ0v) is 18.4. The van der Waals surface area contributed by atoms with Crippen molar-refractivity contribution in [3.05, 3.63) is 71.8 Å². The number of hydrogen-bond acceptors (Lipinski definition) is 4. The van der Waals surface area contributed by atoms with Gasteiger partial charge in [0.05, 0.1) is 6.04 Å². The molecule has 2 aromatic carbocycles. The third-order valence-electron chi connectivity index (χ3n) is 5.99. The molecule has 2 heterocycles. The average molecular weight is 425 g/mol. The molecule has 2 bridgehead atoms. The Hall–Kier alpha value is -2.86. The average Bonchev–Trinajstić information content (AvgIpc) is 3.56. The summed E-state index contributed by atoms with van der Waals surface area (Å²) in [5.41, 5.74) is 2.49. The molecule has 0 radical (unpaired) electrons. The highest BCUT2D eigenvalue weighted by Gasteiger charge is 2.60. The van der Waals surface area contributed by atoms with Crippen molar-refractivity contribution in [1.29, 1.82) is 0 Å². The Morgan fingerprint density at radius 3 is 2.06 bits per heavy atom.